The number of anilines is 2. The number of nitrogens with one attached hydrogen (secondary N) is 1. The summed E-state index contributed by atoms with van der Waals surface area (Å²) in [7, 11) is 0. The normalized spacial score (nSPS) is 20.7. The zero-order chi connectivity index (χ0) is 16.4. The fourth-order valence-electron chi connectivity index (χ4n) is 3.07. The molecule has 120 valence electrons. The zero-order valence-electron chi connectivity index (χ0n) is 13.2. The summed E-state index contributed by atoms with van der Waals surface area (Å²) in [6, 6.07) is 18.3. The fraction of sp³-hybridized carbons (Fsp3) is 0.278. The molecule has 4 nitrogen and oxygen atoms in total. The highest BCUT2D eigenvalue weighted by Crippen LogP contribution is 2.31. The maximum atomic E-state index is 12.3. The average Bonchev–Trinajstić information content (AvgIpc) is 2.87. The summed E-state index contributed by atoms with van der Waals surface area (Å²) >= 11 is 3.44. The summed E-state index contributed by atoms with van der Waals surface area (Å²) in [5.74, 6) is 0.0350. The molecule has 23 heavy (non-hydrogen) atoms. The summed E-state index contributed by atoms with van der Waals surface area (Å²) in [4.78, 5) is 12.3. The predicted octanol–water partition coefficient (Wildman–Crippen LogP) is 4.25. The zero-order valence-corrected chi connectivity index (χ0v) is 14.8. The number of hydrogen-bond acceptors (Lipinski definition) is 3. The summed E-state index contributed by atoms with van der Waals surface area (Å²) in [6.07, 6.45) is 0.814. The van der Waals surface area contributed by atoms with E-state index in [0.717, 1.165) is 22.3 Å². The van der Waals surface area contributed by atoms with Gasteiger partial charge in [-0.2, -0.15) is 0 Å². The molecule has 2 aromatic carbocycles. The molecule has 0 radical (unpaired) electrons. The number of amides is 1. The van der Waals surface area contributed by atoms with Gasteiger partial charge in [-0.15, -0.1) is 0 Å². The lowest BCUT2D eigenvalue weighted by molar-refractivity contribution is -0.129. The Bertz CT molecular complexity index is 674. The molecule has 0 bridgehead atoms. The van der Waals surface area contributed by atoms with Crippen LogP contribution in [0.5, 0.6) is 0 Å². The standard InChI is InChI=1S/C18H20BrN3O/c1-13-12-18(20-16-10-8-15(19)9-11-16)22(14(2)23)21(13)17-6-4-3-5-7-17/h3-11,13,18,20H,12H2,1-2H3/t13-,18+/m1/s1. The second-order valence-corrected chi connectivity index (χ2v) is 6.71. The van der Waals surface area contributed by atoms with Gasteiger partial charge in [0, 0.05) is 23.5 Å². The van der Waals surface area contributed by atoms with Crippen LogP contribution in [-0.2, 0) is 4.79 Å². The molecule has 0 spiro atoms. The molecule has 1 N–H and O–H groups in total. The summed E-state index contributed by atoms with van der Waals surface area (Å²) in [5, 5.41) is 7.38. The molecule has 1 fully saturated rings. The van der Waals surface area contributed by atoms with E-state index in [9.17, 15) is 4.79 Å². The van der Waals surface area contributed by atoms with Gasteiger partial charge in [0.25, 0.3) is 0 Å². The molecule has 1 saturated heterocycles. The smallest absolute Gasteiger partial charge is 0.239 e. The number of hydrogen-bond donors (Lipinski definition) is 1. The van der Waals surface area contributed by atoms with Crippen LogP contribution in [0.1, 0.15) is 20.3 Å². The van der Waals surface area contributed by atoms with E-state index in [4.69, 9.17) is 0 Å². The first kappa shape index (κ1) is 15.9. The van der Waals surface area contributed by atoms with Crippen molar-refractivity contribution in [2.24, 2.45) is 0 Å². The largest absolute Gasteiger partial charge is 0.364 e. The quantitative estimate of drug-likeness (QED) is 0.873. The first-order valence-corrected chi connectivity index (χ1v) is 8.51. The lowest BCUT2D eigenvalue weighted by Gasteiger charge is -2.35. The Labute approximate surface area is 145 Å². The van der Waals surface area contributed by atoms with Gasteiger partial charge in [0.1, 0.15) is 6.17 Å². The van der Waals surface area contributed by atoms with Crippen LogP contribution in [0.15, 0.2) is 59.1 Å². The monoisotopic (exact) mass is 373 g/mol. The highest BCUT2D eigenvalue weighted by Gasteiger charge is 2.38. The lowest BCUT2D eigenvalue weighted by Crippen LogP contribution is -2.48. The predicted molar refractivity (Wildman–Crippen MR) is 97.1 cm³/mol. The van der Waals surface area contributed by atoms with E-state index in [1.165, 1.54) is 0 Å². The van der Waals surface area contributed by atoms with E-state index in [1.807, 2.05) is 59.6 Å². The van der Waals surface area contributed by atoms with Crippen LogP contribution in [0.2, 0.25) is 0 Å². The van der Waals surface area contributed by atoms with Crippen LogP contribution in [0, 0.1) is 0 Å². The van der Waals surface area contributed by atoms with Crippen molar-refractivity contribution in [1.29, 1.82) is 0 Å². The maximum Gasteiger partial charge on any atom is 0.239 e. The summed E-state index contributed by atoms with van der Waals surface area (Å²) in [5.41, 5.74) is 2.04. The minimum Gasteiger partial charge on any atom is -0.364 e. The molecule has 0 aliphatic carbocycles. The van der Waals surface area contributed by atoms with E-state index in [1.54, 1.807) is 6.92 Å². The van der Waals surface area contributed by atoms with Crippen LogP contribution in [0.4, 0.5) is 11.4 Å². The molecule has 3 rings (SSSR count). The van der Waals surface area contributed by atoms with Gasteiger partial charge in [-0.05, 0) is 43.3 Å². The molecule has 2 aromatic rings. The van der Waals surface area contributed by atoms with Crippen molar-refractivity contribution in [3.8, 4) is 0 Å². The Morgan fingerprint density at radius 3 is 2.39 bits per heavy atom. The van der Waals surface area contributed by atoms with Crippen LogP contribution in [0.25, 0.3) is 0 Å². The number of halogens is 1. The van der Waals surface area contributed by atoms with Gasteiger partial charge in [0.15, 0.2) is 0 Å². The van der Waals surface area contributed by atoms with Crippen molar-refractivity contribution in [2.45, 2.75) is 32.5 Å². The molecule has 0 unspecified atom stereocenters. The number of benzene rings is 2. The Balaban J connectivity index is 1.86. The molecule has 0 saturated carbocycles. The highest BCUT2D eigenvalue weighted by molar-refractivity contribution is 9.10. The number of nitrogens with zero attached hydrogens (tertiary/aromatic N) is 2. The lowest BCUT2D eigenvalue weighted by atomic mass is 10.2. The molecule has 1 aliphatic rings. The van der Waals surface area contributed by atoms with E-state index in [2.05, 4.69) is 33.2 Å². The summed E-state index contributed by atoms with van der Waals surface area (Å²) < 4.78 is 1.04. The van der Waals surface area contributed by atoms with Crippen LogP contribution >= 0.6 is 15.9 Å². The van der Waals surface area contributed by atoms with Gasteiger partial charge in [0.05, 0.1) is 11.7 Å². The highest BCUT2D eigenvalue weighted by atomic mass is 79.9. The minimum atomic E-state index is -0.0520. The first-order chi connectivity index (χ1) is 11.1. The number of para-hydroxylation sites is 1. The van der Waals surface area contributed by atoms with Gasteiger partial charge in [-0.1, -0.05) is 34.1 Å². The molecule has 0 aromatic heterocycles. The van der Waals surface area contributed by atoms with E-state index >= 15 is 0 Å². The third-order valence-corrected chi connectivity index (χ3v) is 4.56. The van der Waals surface area contributed by atoms with E-state index in [0.29, 0.717) is 0 Å². The Morgan fingerprint density at radius 1 is 1.13 bits per heavy atom. The number of hydrazine groups is 1. The second kappa shape index (κ2) is 6.62. The number of carbonyl (C=O) groups excluding carboxylic acids is 1. The number of carbonyl (C=O) groups is 1. The molecule has 2 atom stereocenters. The molecule has 1 heterocycles. The molecule has 1 aliphatic heterocycles. The molecular weight excluding hydrogens is 354 g/mol. The topological polar surface area (TPSA) is 35.6 Å². The number of rotatable bonds is 3. The van der Waals surface area contributed by atoms with E-state index < -0.39 is 0 Å². The van der Waals surface area contributed by atoms with Crippen molar-refractivity contribution in [3.63, 3.8) is 0 Å². The van der Waals surface area contributed by atoms with Crippen molar-refractivity contribution in [1.82, 2.24) is 5.01 Å². The first-order valence-electron chi connectivity index (χ1n) is 7.72. The van der Waals surface area contributed by atoms with Gasteiger partial charge < -0.3 is 5.32 Å². The summed E-state index contributed by atoms with van der Waals surface area (Å²) in [6.45, 7) is 3.76. The Morgan fingerprint density at radius 2 is 1.78 bits per heavy atom. The van der Waals surface area contributed by atoms with Crippen molar-refractivity contribution >= 4 is 33.2 Å². The van der Waals surface area contributed by atoms with E-state index in [-0.39, 0.29) is 18.1 Å². The van der Waals surface area contributed by atoms with Gasteiger partial charge in [-0.25, -0.2) is 5.01 Å². The van der Waals surface area contributed by atoms with Crippen molar-refractivity contribution in [3.05, 3.63) is 59.1 Å². The maximum absolute atomic E-state index is 12.3. The third kappa shape index (κ3) is 3.34. The minimum absolute atomic E-state index is 0.0350. The SMILES string of the molecule is CC(=O)N1[C@H](Nc2ccc(Br)cc2)C[C@@H](C)N1c1ccccc1. The average molecular weight is 374 g/mol. The van der Waals surface area contributed by atoms with Crippen LogP contribution in [-0.4, -0.2) is 23.1 Å². The fourth-order valence-corrected chi connectivity index (χ4v) is 3.34. The van der Waals surface area contributed by atoms with Gasteiger partial charge in [-0.3, -0.25) is 9.80 Å². The Hall–Kier alpha value is -2.01. The van der Waals surface area contributed by atoms with Crippen molar-refractivity contribution < 1.29 is 4.79 Å². The molecule has 1 amide bonds. The Kier molecular flexibility index (Phi) is 4.57. The second-order valence-electron chi connectivity index (χ2n) is 5.80. The van der Waals surface area contributed by atoms with Crippen LogP contribution < -0.4 is 10.3 Å². The molecule has 5 heteroatoms. The van der Waals surface area contributed by atoms with Gasteiger partial charge >= 0.3 is 0 Å². The third-order valence-electron chi connectivity index (χ3n) is 4.03. The molecular formula is C18H20BrN3O. The van der Waals surface area contributed by atoms with Gasteiger partial charge in [0.2, 0.25) is 5.91 Å². The van der Waals surface area contributed by atoms with Crippen molar-refractivity contribution in [2.75, 3.05) is 10.3 Å². The van der Waals surface area contributed by atoms with Crippen LogP contribution in [0.3, 0.4) is 0 Å².